The van der Waals surface area contributed by atoms with E-state index in [1.807, 2.05) is 41.1 Å². The smallest absolute Gasteiger partial charge is 0.304 e. The lowest BCUT2D eigenvalue weighted by Gasteiger charge is -2.09. The Bertz CT molecular complexity index is 771. The van der Waals surface area contributed by atoms with Crippen molar-refractivity contribution in [3.8, 4) is 0 Å². The van der Waals surface area contributed by atoms with Crippen molar-refractivity contribution in [2.45, 2.75) is 18.8 Å². The molecule has 19 heavy (non-hydrogen) atoms. The van der Waals surface area contributed by atoms with Crippen molar-refractivity contribution in [1.82, 2.24) is 14.5 Å². The summed E-state index contributed by atoms with van der Waals surface area (Å²) in [6.45, 7) is 2.47. The first-order valence-electron chi connectivity index (χ1n) is 5.91. The summed E-state index contributed by atoms with van der Waals surface area (Å²) >= 11 is 7.37. The Morgan fingerprint density at radius 2 is 2.26 bits per heavy atom. The van der Waals surface area contributed by atoms with E-state index in [0.29, 0.717) is 6.54 Å². The molecule has 0 radical (unpaired) electrons. The number of para-hydroxylation sites is 2. The second-order valence-electron chi connectivity index (χ2n) is 4.33. The van der Waals surface area contributed by atoms with Crippen molar-refractivity contribution < 1.29 is 0 Å². The van der Waals surface area contributed by atoms with E-state index in [0.717, 1.165) is 22.6 Å². The summed E-state index contributed by atoms with van der Waals surface area (Å²) in [5.41, 5.74) is 2.82. The largest absolute Gasteiger partial charge is 0.321 e. The van der Waals surface area contributed by atoms with Crippen LogP contribution in [0.1, 0.15) is 23.8 Å². The Kier molecular flexibility index (Phi) is 3.16. The molecule has 0 spiro atoms. The van der Waals surface area contributed by atoms with Gasteiger partial charge in [-0.05, 0) is 19.1 Å². The zero-order chi connectivity index (χ0) is 13.4. The number of H-pyrrole nitrogens is 1. The third-order valence-electron chi connectivity index (χ3n) is 2.94. The predicted molar refractivity (Wildman–Crippen MR) is 78.0 cm³/mol. The van der Waals surface area contributed by atoms with Gasteiger partial charge in [0, 0.05) is 11.1 Å². The lowest BCUT2D eigenvalue weighted by atomic mass is 10.3. The molecule has 1 N–H and O–H groups in total. The Balaban J connectivity index is 2.14. The summed E-state index contributed by atoms with van der Waals surface area (Å²) in [6, 6.07) is 7.90. The van der Waals surface area contributed by atoms with Crippen molar-refractivity contribution in [2.24, 2.45) is 0 Å². The molecule has 0 saturated carbocycles. The van der Waals surface area contributed by atoms with Gasteiger partial charge in [-0.3, -0.25) is 4.79 Å². The number of rotatable bonds is 3. The fraction of sp³-hybridized carbons (Fsp3) is 0.231. The maximum atomic E-state index is 11.2. The molecule has 1 unspecified atom stereocenters. The molecule has 2 heterocycles. The molecule has 0 aliphatic heterocycles. The van der Waals surface area contributed by atoms with Gasteiger partial charge < -0.3 is 9.55 Å². The van der Waals surface area contributed by atoms with E-state index >= 15 is 0 Å². The Hall–Kier alpha value is -1.59. The topological polar surface area (TPSA) is 50.7 Å². The molecule has 2 aromatic heterocycles. The van der Waals surface area contributed by atoms with Gasteiger partial charge in [0.25, 0.3) is 0 Å². The normalized spacial score (nSPS) is 12.9. The van der Waals surface area contributed by atoms with Crippen molar-refractivity contribution in [2.75, 3.05) is 0 Å². The van der Waals surface area contributed by atoms with Gasteiger partial charge in [0.2, 0.25) is 0 Å². The summed E-state index contributed by atoms with van der Waals surface area (Å²) < 4.78 is 2.05. The summed E-state index contributed by atoms with van der Waals surface area (Å²) in [7, 11) is 0. The molecule has 3 aromatic rings. The average Bonchev–Trinajstić information content (AvgIpc) is 2.95. The molecule has 0 saturated heterocycles. The predicted octanol–water partition coefficient (Wildman–Crippen LogP) is 3.13. The number of hydrogen-bond acceptors (Lipinski definition) is 3. The minimum absolute atomic E-state index is 0.0418. The molecule has 1 aromatic carbocycles. The number of halogens is 1. The first-order chi connectivity index (χ1) is 9.15. The number of aromatic amines is 1. The van der Waals surface area contributed by atoms with Crippen LogP contribution in [0.3, 0.4) is 0 Å². The summed E-state index contributed by atoms with van der Waals surface area (Å²) in [6.07, 6.45) is 0. The Morgan fingerprint density at radius 1 is 1.47 bits per heavy atom. The van der Waals surface area contributed by atoms with E-state index in [-0.39, 0.29) is 10.3 Å². The first kappa shape index (κ1) is 12.4. The van der Waals surface area contributed by atoms with Crippen LogP contribution in [0.4, 0.5) is 0 Å². The van der Waals surface area contributed by atoms with Crippen LogP contribution >= 0.6 is 22.9 Å². The Labute approximate surface area is 118 Å². The van der Waals surface area contributed by atoms with Crippen molar-refractivity contribution >= 4 is 34.0 Å². The van der Waals surface area contributed by atoms with Gasteiger partial charge >= 0.3 is 4.87 Å². The SMILES string of the molecule is CC(Cl)c1nc2ccccc2n1Cc1csc(=O)[nH]1. The third-order valence-corrected chi connectivity index (χ3v) is 3.85. The van der Waals surface area contributed by atoms with E-state index < -0.39 is 0 Å². The number of benzene rings is 1. The van der Waals surface area contributed by atoms with Gasteiger partial charge in [-0.2, -0.15) is 0 Å². The molecule has 0 amide bonds. The number of alkyl halides is 1. The zero-order valence-corrected chi connectivity index (χ0v) is 11.8. The fourth-order valence-corrected chi connectivity index (χ4v) is 2.87. The van der Waals surface area contributed by atoms with Crippen LogP contribution in [-0.2, 0) is 6.54 Å². The third kappa shape index (κ3) is 2.31. The van der Waals surface area contributed by atoms with Crippen LogP contribution < -0.4 is 4.87 Å². The van der Waals surface area contributed by atoms with Crippen LogP contribution in [0, 0.1) is 0 Å². The Morgan fingerprint density at radius 3 is 2.95 bits per heavy atom. The summed E-state index contributed by atoms with van der Waals surface area (Å²) in [5, 5.41) is 1.65. The average molecular weight is 294 g/mol. The van der Waals surface area contributed by atoms with Crippen molar-refractivity contribution in [3.05, 3.63) is 50.8 Å². The zero-order valence-electron chi connectivity index (χ0n) is 10.3. The molecule has 1 atom stereocenters. The van der Waals surface area contributed by atoms with E-state index in [1.165, 1.54) is 11.3 Å². The number of nitrogens with zero attached hydrogens (tertiary/aromatic N) is 2. The molecular weight excluding hydrogens is 282 g/mol. The van der Waals surface area contributed by atoms with Gasteiger partial charge in [0.15, 0.2) is 0 Å². The lowest BCUT2D eigenvalue weighted by Crippen LogP contribution is -2.07. The van der Waals surface area contributed by atoms with Gasteiger partial charge in [0.1, 0.15) is 5.82 Å². The minimum Gasteiger partial charge on any atom is -0.321 e. The highest BCUT2D eigenvalue weighted by atomic mass is 35.5. The van der Waals surface area contributed by atoms with E-state index in [9.17, 15) is 4.79 Å². The number of imidazole rings is 1. The van der Waals surface area contributed by atoms with E-state index in [2.05, 4.69) is 9.97 Å². The molecule has 98 valence electrons. The van der Waals surface area contributed by atoms with Crippen LogP contribution in [0.25, 0.3) is 11.0 Å². The fourth-order valence-electron chi connectivity index (χ4n) is 2.13. The van der Waals surface area contributed by atoms with Crippen LogP contribution in [0.2, 0.25) is 0 Å². The second kappa shape index (κ2) is 4.83. The highest BCUT2D eigenvalue weighted by molar-refractivity contribution is 7.07. The molecule has 3 rings (SSSR count). The maximum Gasteiger partial charge on any atom is 0.304 e. The minimum atomic E-state index is -0.183. The molecule has 0 aliphatic carbocycles. The first-order valence-corrected chi connectivity index (χ1v) is 7.22. The quantitative estimate of drug-likeness (QED) is 0.754. The lowest BCUT2D eigenvalue weighted by molar-refractivity contribution is 0.729. The maximum absolute atomic E-state index is 11.2. The van der Waals surface area contributed by atoms with Crippen molar-refractivity contribution in [1.29, 1.82) is 0 Å². The summed E-state index contributed by atoms with van der Waals surface area (Å²) in [4.78, 5) is 18.5. The second-order valence-corrected chi connectivity index (χ2v) is 5.83. The van der Waals surface area contributed by atoms with E-state index in [1.54, 1.807) is 0 Å². The number of aromatic nitrogens is 3. The molecule has 6 heteroatoms. The standard InChI is InChI=1S/C13H12ClN3OS/c1-8(14)12-16-10-4-2-3-5-11(10)17(12)6-9-7-19-13(18)15-9/h2-5,7-8H,6H2,1H3,(H,15,18). The van der Waals surface area contributed by atoms with Crippen LogP contribution in [0.5, 0.6) is 0 Å². The van der Waals surface area contributed by atoms with Gasteiger partial charge in [-0.15, -0.1) is 11.6 Å². The van der Waals surface area contributed by atoms with Crippen LogP contribution in [-0.4, -0.2) is 14.5 Å². The van der Waals surface area contributed by atoms with Crippen molar-refractivity contribution in [3.63, 3.8) is 0 Å². The number of fused-ring (bicyclic) bond motifs is 1. The molecule has 4 nitrogen and oxygen atoms in total. The van der Waals surface area contributed by atoms with Gasteiger partial charge in [-0.1, -0.05) is 23.5 Å². The number of thiazole rings is 1. The molecule has 0 bridgehead atoms. The molecular formula is C13H12ClN3OS. The monoisotopic (exact) mass is 293 g/mol. The van der Waals surface area contributed by atoms with E-state index in [4.69, 9.17) is 11.6 Å². The van der Waals surface area contributed by atoms with Gasteiger partial charge in [-0.25, -0.2) is 4.98 Å². The molecule has 0 fully saturated rings. The highest BCUT2D eigenvalue weighted by Gasteiger charge is 2.15. The summed E-state index contributed by atoms with van der Waals surface area (Å²) in [5.74, 6) is 0.815. The van der Waals surface area contributed by atoms with Gasteiger partial charge in [0.05, 0.1) is 23.0 Å². The number of nitrogens with one attached hydrogen (secondary N) is 1. The number of hydrogen-bond donors (Lipinski definition) is 1. The molecule has 0 aliphatic rings. The highest BCUT2D eigenvalue weighted by Crippen LogP contribution is 2.25. The van der Waals surface area contributed by atoms with Crippen LogP contribution in [0.15, 0.2) is 34.4 Å².